The molecule has 7 nitrogen and oxygen atoms in total. The summed E-state index contributed by atoms with van der Waals surface area (Å²) in [6.07, 6.45) is -2.56. The highest BCUT2D eigenvalue weighted by molar-refractivity contribution is 5.72. The van der Waals surface area contributed by atoms with Crippen molar-refractivity contribution in [1.29, 1.82) is 0 Å². The molecule has 0 spiro atoms. The first-order chi connectivity index (χ1) is 14.9. The third-order valence-corrected chi connectivity index (χ3v) is 5.05. The molecule has 0 bridgehead atoms. The van der Waals surface area contributed by atoms with Gasteiger partial charge in [-0.2, -0.15) is 13.2 Å². The molecular weight excluding hydrogens is 413 g/mol. The first-order valence-corrected chi connectivity index (χ1v) is 9.73. The Morgan fingerprint density at radius 1 is 1.10 bits per heavy atom. The number of piperidine rings is 1. The van der Waals surface area contributed by atoms with Crippen molar-refractivity contribution in [2.24, 2.45) is 5.92 Å². The van der Waals surface area contributed by atoms with E-state index in [-0.39, 0.29) is 24.4 Å². The van der Waals surface area contributed by atoms with Crippen LogP contribution in [-0.4, -0.2) is 34.2 Å². The summed E-state index contributed by atoms with van der Waals surface area (Å²) in [5, 5.41) is 7.84. The SMILES string of the molecule is O=C(OCc1nnc(-c2ccccc2)o1)C1CCN(c2ccc(C(F)(F)F)cn2)CC1. The van der Waals surface area contributed by atoms with Crippen molar-refractivity contribution < 1.29 is 27.1 Å². The third kappa shape index (κ3) is 5.01. The second kappa shape index (κ2) is 8.75. The van der Waals surface area contributed by atoms with Gasteiger partial charge < -0.3 is 14.1 Å². The number of anilines is 1. The summed E-state index contributed by atoms with van der Waals surface area (Å²) >= 11 is 0. The second-order valence-electron chi connectivity index (χ2n) is 7.14. The number of carbonyl (C=O) groups is 1. The maximum atomic E-state index is 12.7. The zero-order chi connectivity index (χ0) is 21.8. The summed E-state index contributed by atoms with van der Waals surface area (Å²) in [5.41, 5.74) is -0.0111. The topological polar surface area (TPSA) is 81.3 Å². The smallest absolute Gasteiger partial charge is 0.417 e. The van der Waals surface area contributed by atoms with Gasteiger partial charge in [-0.3, -0.25) is 4.79 Å². The van der Waals surface area contributed by atoms with E-state index in [1.807, 2.05) is 35.2 Å². The number of hydrogen-bond donors (Lipinski definition) is 0. The number of halogens is 3. The molecule has 31 heavy (non-hydrogen) atoms. The highest BCUT2D eigenvalue weighted by atomic mass is 19.4. The predicted octanol–water partition coefficient (Wildman–Crippen LogP) is 4.11. The standard InChI is InChI=1S/C21H19F3N4O3/c22-21(23,24)16-6-7-17(25-12-16)28-10-8-15(9-11-28)20(29)30-13-18-26-27-19(31-18)14-4-2-1-3-5-14/h1-7,12,15H,8-11,13H2. The van der Waals surface area contributed by atoms with E-state index in [1.165, 1.54) is 6.07 Å². The average molecular weight is 432 g/mol. The fraction of sp³-hybridized carbons (Fsp3) is 0.333. The van der Waals surface area contributed by atoms with Crippen molar-refractivity contribution in [3.05, 3.63) is 60.1 Å². The minimum absolute atomic E-state index is 0.112. The maximum Gasteiger partial charge on any atom is 0.417 e. The zero-order valence-corrected chi connectivity index (χ0v) is 16.4. The first-order valence-electron chi connectivity index (χ1n) is 9.73. The molecule has 0 atom stereocenters. The molecular formula is C21H19F3N4O3. The summed E-state index contributed by atoms with van der Waals surface area (Å²) in [5.74, 6) is 0.350. The van der Waals surface area contributed by atoms with Crippen LogP contribution in [0, 0.1) is 5.92 Å². The van der Waals surface area contributed by atoms with Crippen LogP contribution in [0.5, 0.6) is 0 Å². The molecule has 4 rings (SSSR count). The average Bonchev–Trinajstić information content (AvgIpc) is 3.27. The zero-order valence-electron chi connectivity index (χ0n) is 16.4. The molecule has 0 aliphatic carbocycles. The van der Waals surface area contributed by atoms with Crippen LogP contribution in [0.2, 0.25) is 0 Å². The van der Waals surface area contributed by atoms with Gasteiger partial charge in [-0.05, 0) is 37.1 Å². The number of pyridine rings is 1. The maximum absolute atomic E-state index is 12.7. The lowest BCUT2D eigenvalue weighted by Crippen LogP contribution is -2.37. The molecule has 3 aromatic rings. The predicted molar refractivity (Wildman–Crippen MR) is 104 cm³/mol. The Balaban J connectivity index is 1.26. The molecule has 3 heterocycles. The van der Waals surface area contributed by atoms with E-state index >= 15 is 0 Å². The summed E-state index contributed by atoms with van der Waals surface area (Å²) in [6, 6.07) is 11.6. The number of carbonyl (C=O) groups excluding carboxylic acids is 1. The Labute approximate surface area is 175 Å². The minimum Gasteiger partial charge on any atom is -0.455 e. The number of aromatic nitrogens is 3. The molecule has 0 saturated carbocycles. The van der Waals surface area contributed by atoms with E-state index in [0.717, 1.165) is 17.8 Å². The van der Waals surface area contributed by atoms with Gasteiger partial charge in [0.25, 0.3) is 5.89 Å². The Hall–Kier alpha value is -3.43. The van der Waals surface area contributed by atoms with Crippen LogP contribution in [0.1, 0.15) is 24.3 Å². The number of esters is 1. The van der Waals surface area contributed by atoms with Crippen LogP contribution >= 0.6 is 0 Å². The molecule has 1 saturated heterocycles. The molecule has 0 unspecified atom stereocenters. The van der Waals surface area contributed by atoms with Crippen molar-refractivity contribution in [2.75, 3.05) is 18.0 Å². The van der Waals surface area contributed by atoms with E-state index < -0.39 is 11.7 Å². The second-order valence-corrected chi connectivity index (χ2v) is 7.14. The van der Waals surface area contributed by atoms with Crippen molar-refractivity contribution >= 4 is 11.8 Å². The normalized spacial score (nSPS) is 15.1. The summed E-state index contributed by atoms with van der Waals surface area (Å²) in [4.78, 5) is 18.1. The van der Waals surface area contributed by atoms with Gasteiger partial charge in [0.1, 0.15) is 5.82 Å². The van der Waals surface area contributed by atoms with E-state index in [2.05, 4.69) is 15.2 Å². The lowest BCUT2D eigenvalue weighted by atomic mass is 9.97. The van der Waals surface area contributed by atoms with E-state index in [1.54, 1.807) is 0 Å². The lowest BCUT2D eigenvalue weighted by Gasteiger charge is -2.31. The molecule has 10 heteroatoms. The summed E-state index contributed by atoms with van der Waals surface area (Å²) in [6.45, 7) is 0.882. The van der Waals surface area contributed by atoms with Crippen LogP contribution in [0.15, 0.2) is 53.1 Å². The fourth-order valence-electron chi connectivity index (χ4n) is 3.35. The molecule has 1 aromatic carbocycles. The number of nitrogens with zero attached hydrogens (tertiary/aromatic N) is 4. The number of alkyl halides is 3. The number of rotatable bonds is 5. The Kier molecular flexibility index (Phi) is 5.88. The quantitative estimate of drug-likeness (QED) is 0.561. The first kappa shape index (κ1) is 20.8. The number of ether oxygens (including phenoxy) is 1. The van der Waals surface area contributed by atoms with Crippen LogP contribution in [0.3, 0.4) is 0 Å². The van der Waals surface area contributed by atoms with E-state index in [0.29, 0.717) is 37.6 Å². The highest BCUT2D eigenvalue weighted by Gasteiger charge is 2.31. The molecule has 1 aliphatic heterocycles. The van der Waals surface area contributed by atoms with Crippen molar-refractivity contribution in [2.45, 2.75) is 25.6 Å². The third-order valence-electron chi connectivity index (χ3n) is 5.05. The molecule has 1 fully saturated rings. The molecule has 2 aromatic heterocycles. The van der Waals surface area contributed by atoms with Gasteiger partial charge in [0.2, 0.25) is 5.89 Å². The summed E-state index contributed by atoms with van der Waals surface area (Å²) < 4.78 is 48.8. The van der Waals surface area contributed by atoms with E-state index in [4.69, 9.17) is 9.15 Å². The van der Waals surface area contributed by atoms with E-state index in [9.17, 15) is 18.0 Å². The van der Waals surface area contributed by atoms with Gasteiger partial charge in [0.15, 0.2) is 6.61 Å². The largest absolute Gasteiger partial charge is 0.455 e. The van der Waals surface area contributed by atoms with Gasteiger partial charge in [0.05, 0.1) is 11.5 Å². The van der Waals surface area contributed by atoms with Gasteiger partial charge in [-0.15, -0.1) is 10.2 Å². The minimum atomic E-state index is -4.41. The number of benzene rings is 1. The van der Waals surface area contributed by atoms with Crippen molar-refractivity contribution in [3.8, 4) is 11.5 Å². The van der Waals surface area contributed by atoms with Crippen LogP contribution in [0.25, 0.3) is 11.5 Å². The molecule has 0 N–H and O–H groups in total. The molecule has 0 amide bonds. The van der Waals surface area contributed by atoms with Gasteiger partial charge >= 0.3 is 12.1 Å². The van der Waals surface area contributed by atoms with Crippen LogP contribution in [0.4, 0.5) is 19.0 Å². The highest BCUT2D eigenvalue weighted by Crippen LogP contribution is 2.30. The number of hydrogen-bond acceptors (Lipinski definition) is 7. The summed E-state index contributed by atoms with van der Waals surface area (Å²) in [7, 11) is 0. The Morgan fingerprint density at radius 3 is 2.48 bits per heavy atom. The molecule has 1 aliphatic rings. The van der Waals surface area contributed by atoms with Crippen molar-refractivity contribution in [3.63, 3.8) is 0 Å². The lowest BCUT2D eigenvalue weighted by molar-refractivity contribution is -0.151. The van der Waals surface area contributed by atoms with Gasteiger partial charge in [0, 0.05) is 24.8 Å². The van der Waals surface area contributed by atoms with Crippen molar-refractivity contribution in [1.82, 2.24) is 15.2 Å². The van der Waals surface area contributed by atoms with Crippen LogP contribution in [-0.2, 0) is 22.3 Å². The van der Waals surface area contributed by atoms with Gasteiger partial charge in [-0.25, -0.2) is 4.98 Å². The molecule has 162 valence electrons. The van der Waals surface area contributed by atoms with Crippen LogP contribution < -0.4 is 4.90 Å². The molecule has 0 radical (unpaired) electrons. The fourth-order valence-corrected chi connectivity index (χ4v) is 3.35. The monoisotopic (exact) mass is 432 g/mol. The Morgan fingerprint density at radius 2 is 1.84 bits per heavy atom. The Bertz CT molecular complexity index is 1010. The van der Waals surface area contributed by atoms with Gasteiger partial charge in [-0.1, -0.05) is 18.2 Å².